The van der Waals surface area contributed by atoms with E-state index in [1.807, 2.05) is 72.8 Å². The lowest BCUT2D eigenvalue weighted by atomic mass is 10.1. The van der Waals surface area contributed by atoms with E-state index in [2.05, 4.69) is 52.6 Å². The largest absolute Gasteiger partial charge is 0.491 e. The van der Waals surface area contributed by atoms with Crippen molar-refractivity contribution in [2.24, 2.45) is 4.99 Å². The van der Waals surface area contributed by atoms with Gasteiger partial charge in [-0.3, -0.25) is 0 Å². The zero-order valence-electron chi connectivity index (χ0n) is 18.8. The summed E-state index contributed by atoms with van der Waals surface area (Å²) in [5.41, 5.74) is 5.32. The number of isothiocyanates is 1. The molecule has 0 fully saturated rings. The Hall–Kier alpha value is -3.96. The van der Waals surface area contributed by atoms with E-state index >= 15 is 0 Å². The number of aliphatic imine (C=N–C) groups is 1. The van der Waals surface area contributed by atoms with E-state index in [0.717, 1.165) is 33.5 Å². The summed E-state index contributed by atoms with van der Waals surface area (Å²) in [6, 6.07) is 23.1. The van der Waals surface area contributed by atoms with Crippen molar-refractivity contribution in [1.29, 1.82) is 0 Å². The fourth-order valence-electron chi connectivity index (χ4n) is 2.79. The van der Waals surface area contributed by atoms with E-state index in [-0.39, 0.29) is 6.79 Å². The molecule has 0 N–H and O–H groups in total. The first-order valence-electron chi connectivity index (χ1n) is 10.5. The quantitative estimate of drug-likeness (QED) is 0.105. The fraction of sp³-hybridized carbons (Fsp3) is 0.138. The molecular weight excluding hydrogens is 442 g/mol. The van der Waals surface area contributed by atoms with Crippen LogP contribution in [0.2, 0.25) is 0 Å². The van der Waals surface area contributed by atoms with E-state index < -0.39 is 0 Å². The topological polar surface area (TPSA) is 40.0 Å². The lowest BCUT2D eigenvalue weighted by Gasteiger charge is -2.09. The van der Waals surface area contributed by atoms with Gasteiger partial charge in [0, 0.05) is 34.9 Å². The van der Waals surface area contributed by atoms with Crippen LogP contribution in [-0.2, 0) is 14.2 Å². The molecule has 34 heavy (non-hydrogen) atoms. The molecule has 5 heteroatoms. The maximum absolute atomic E-state index is 5.59. The summed E-state index contributed by atoms with van der Waals surface area (Å²) in [7, 11) is 1.58. The van der Waals surface area contributed by atoms with Crippen LogP contribution in [0.4, 0.5) is 5.69 Å². The maximum Gasteiger partial charge on any atom is 0.146 e. The molecule has 168 valence electrons. The van der Waals surface area contributed by atoms with Gasteiger partial charge in [0.25, 0.3) is 0 Å². The monoisotopic (exact) mass is 465 g/mol. The first-order valence-corrected chi connectivity index (χ1v) is 10.9. The second kappa shape index (κ2) is 13.6. The first kappa shape index (κ1) is 24.7. The number of nitrogens with zero attached hydrogens (tertiary/aromatic N) is 1. The lowest BCUT2D eigenvalue weighted by Crippen LogP contribution is -2.05. The highest BCUT2D eigenvalue weighted by atomic mass is 32.1. The Labute approximate surface area is 205 Å². The van der Waals surface area contributed by atoms with Crippen molar-refractivity contribution in [3.63, 3.8) is 0 Å². The summed E-state index contributed by atoms with van der Waals surface area (Å²) >= 11 is 4.61. The molecule has 0 aliphatic carbocycles. The lowest BCUT2D eigenvalue weighted by molar-refractivity contribution is -0.0410. The van der Waals surface area contributed by atoms with E-state index in [4.69, 9.17) is 14.2 Å². The average molecular weight is 466 g/mol. The summed E-state index contributed by atoms with van der Waals surface area (Å²) in [6.07, 6.45) is 0. The van der Waals surface area contributed by atoms with Crippen molar-refractivity contribution >= 4 is 28.8 Å². The summed E-state index contributed by atoms with van der Waals surface area (Å²) in [6.45, 7) is 5.06. The number of hydrogen-bond donors (Lipinski definition) is 0. The third-order valence-corrected chi connectivity index (χ3v) is 4.63. The van der Waals surface area contributed by atoms with Crippen LogP contribution < -0.4 is 0 Å². The maximum atomic E-state index is 5.59. The molecule has 0 amide bonds. The zero-order chi connectivity index (χ0) is 24.0. The average Bonchev–Trinajstić information content (AvgIpc) is 2.88. The minimum absolute atomic E-state index is 0.250. The highest BCUT2D eigenvalue weighted by Gasteiger charge is 2.00. The normalized spacial score (nSPS) is 9.56. The molecule has 0 aromatic heterocycles. The molecule has 3 aromatic carbocycles. The molecule has 0 saturated heterocycles. The van der Waals surface area contributed by atoms with Crippen molar-refractivity contribution in [3.8, 4) is 23.7 Å². The number of benzene rings is 3. The molecule has 4 nitrogen and oxygen atoms in total. The highest BCUT2D eigenvalue weighted by molar-refractivity contribution is 7.78. The van der Waals surface area contributed by atoms with E-state index in [0.29, 0.717) is 19.0 Å². The number of methoxy groups -OCH3 is 1. The molecule has 0 heterocycles. The smallest absolute Gasteiger partial charge is 0.146 e. The van der Waals surface area contributed by atoms with Crippen molar-refractivity contribution in [2.75, 3.05) is 27.1 Å². The highest BCUT2D eigenvalue weighted by Crippen LogP contribution is 2.15. The van der Waals surface area contributed by atoms with Crippen LogP contribution in [0, 0.1) is 23.7 Å². The summed E-state index contributed by atoms with van der Waals surface area (Å²) in [5.74, 6) is 13.2. The van der Waals surface area contributed by atoms with Crippen LogP contribution in [0.25, 0.3) is 5.76 Å². The van der Waals surface area contributed by atoms with Gasteiger partial charge in [0.1, 0.15) is 19.2 Å². The predicted molar refractivity (Wildman–Crippen MR) is 139 cm³/mol. The van der Waals surface area contributed by atoms with Gasteiger partial charge in [-0.15, -0.1) is 0 Å². The van der Waals surface area contributed by atoms with Crippen molar-refractivity contribution < 1.29 is 14.2 Å². The van der Waals surface area contributed by atoms with Crippen LogP contribution in [0.1, 0.15) is 27.8 Å². The van der Waals surface area contributed by atoms with Crippen LogP contribution >= 0.6 is 12.2 Å². The Balaban J connectivity index is 1.55. The zero-order valence-corrected chi connectivity index (χ0v) is 19.7. The third kappa shape index (κ3) is 8.19. The second-order valence-electron chi connectivity index (χ2n) is 6.99. The second-order valence-corrected chi connectivity index (χ2v) is 7.17. The first-order chi connectivity index (χ1) is 16.7. The Morgan fingerprint density at radius 1 is 0.765 bits per heavy atom. The minimum Gasteiger partial charge on any atom is -0.491 e. The molecule has 3 rings (SSSR count). The van der Waals surface area contributed by atoms with Gasteiger partial charge in [-0.1, -0.05) is 42.4 Å². The van der Waals surface area contributed by atoms with Crippen LogP contribution in [0.3, 0.4) is 0 Å². The molecule has 0 spiro atoms. The van der Waals surface area contributed by atoms with Gasteiger partial charge in [-0.05, 0) is 72.9 Å². The molecule has 0 unspecified atom stereocenters. The number of ether oxygens (including phenoxy) is 3. The molecular formula is C29H23NO3S. The molecule has 0 aliphatic rings. The van der Waals surface area contributed by atoms with Crippen molar-refractivity contribution in [3.05, 3.63) is 107 Å². The van der Waals surface area contributed by atoms with Gasteiger partial charge in [-0.25, -0.2) is 0 Å². The summed E-state index contributed by atoms with van der Waals surface area (Å²) in [4.78, 5) is 3.93. The van der Waals surface area contributed by atoms with Crippen molar-refractivity contribution in [1.82, 2.24) is 0 Å². The predicted octanol–water partition coefficient (Wildman–Crippen LogP) is 5.83. The van der Waals surface area contributed by atoms with Gasteiger partial charge in [0.05, 0.1) is 17.5 Å². The Kier molecular flexibility index (Phi) is 9.84. The third-order valence-electron chi connectivity index (χ3n) is 4.54. The molecule has 0 saturated carbocycles. The molecule has 0 bridgehead atoms. The van der Waals surface area contributed by atoms with Crippen LogP contribution in [-0.4, -0.2) is 32.3 Å². The molecule has 0 aliphatic heterocycles. The van der Waals surface area contributed by atoms with Gasteiger partial charge in [0.2, 0.25) is 0 Å². The standard InChI is InChI=1S/C29H23NO3S/c1-23(33-20-19-32-22-31-2)28-15-11-26(12-16-28)9-7-24-3-5-25(6-4-24)8-10-27-13-17-29(18-14-27)30-21-34/h3-6,11-18H,1,19-20,22H2,2H3. The summed E-state index contributed by atoms with van der Waals surface area (Å²) < 4.78 is 15.6. The molecule has 0 radical (unpaired) electrons. The Morgan fingerprint density at radius 2 is 1.24 bits per heavy atom. The Bertz CT molecular complexity index is 1270. The Morgan fingerprint density at radius 3 is 1.71 bits per heavy atom. The van der Waals surface area contributed by atoms with E-state index in [9.17, 15) is 0 Å². The van der Waals surface area contributed by atoms with E-state index in [1.165, 1.54) is 0 Å². The molecule has 0 atom stereocenters. The minimum atomic E-state index is 0.250. The van der Waals surface area contributed by atoms with Crippen LogP contribution in [0.15, 0.2) is 84.4 Å². The van der Waals surface area contributed by atoms with E-state index in [1.54, 1.807) is 7.11 Å². The number of rotatable bonds is 8. The van der Waals surface area contributed by atoms with Gasteiger partial charge in [0.15, 0.2) is 0 Å². The van der Waals surface area contributed by atoms with Gasteiger partial charge < -0.3 is 14.2 Å². The SMILES string of the molecule is C=C(OCCOCOC)c1ccc(C#Cc2ccc(C#Cc3ccc(N=C=S)cc3)cc2)cc1. The van der Waals surface area contributed by atoms with Crippen LogP contribution in [0.5, 0.6) is 0 Å². The number of thiocarbonyl (C=S) groups is 1. The number of hydrogen-bond acceptors (Lipinski definition) is 5. The fourth-order valence-corrected chi connectivity index (χ4v) is 2.89. The summed E-state index contributed by atoms with van der Waals surface area (Å²) in [5, 5.41) is 2.35. The van der Waals surface area contributed by atoms with Crippen molar-refractivity contribution in [2.45, 2.75) is 0 Å². The molecule has 3 aromatic rings. The van der Waals surface area contributed by atoms with Gasteiger partial charge in [-0.2, -0.15) is 4.99 Å². The van der Waals surface area contributed by atoms with Gasteiger partial charge >= 0.3 is 0 Å².